The van der Waals surface area contributed by atoms with Crippen LogP contribution in [0.4, 0.5) is 5.69 Å². The van der Waals surface area contributed by atoms with E-state index in [-0.39, 0.29) is 12.4 Å². The van der Waals surface area contributed by atoms with Gasteiger partial charge in [0.15, 0.2) is 0 Å². The fourth-order valence-corrected chi connectivity index (χ4v) is 3.37. The molecule has 1 aromatic rings. The van der Waals surface area contributed by atoms with Crippen LogP contribution >= 0.6 is 24.2 Å². The van der Waals surface area contributed by atoms with E-state index in [4.69, 9.17) is 5.73 Å². The van der Waals surface area contributed by atoms with Gasteiger partial charge in [0.2, 0.25) is 0 Å². The van der Waals surface area contributed by atoms with Crippen LogP contribution < -0.4 is 5.73 Å². The van der Waals surface area contributed by atoms with E-state index in [2.05, 4.69) is 42.6 Å². The Balaban J connectivity index is 0.00000144. The predicted octanol–water partition coefficient (Wildman–Crippen LogP) is 3.02. The summed E-state index contributed by atoms with van der Waals surface area (Å²) in [5, 5.41) is 0. The van der Waals surface area contributed by atoms with E-state index in [0.717, 1.165) is 18.8 Å². The van der Waals surface area contributed by atoms with Crippen molar-refractivity contribution in [3.8, 4) is 0 Å². The summed E-state index contributed by atoms with van der Waals surface area (Å²) in [5.74, 6) is 1.23. The predicted molar refractivity (Wildman–Crippen MR) is 79.9 cm³/mol. The lowest BCUT2D eigenvalue weighted by Crippen LogP contribution is -2.42. The van der Waals surface area contributed by atoms with Crippen LogP contribution in [0.5, 0.6) is 0 Å². The topological polar surface area (TPSA) is 29.3 Å². The lowest BCUT2D eigenvalue weighted by Gasteiger charge is -2.37. The van der Waals surface area contributed by atoms with Crippen molar-refractivity contribution in [3.63, 3.8) is 0 Å². The molecule has 4 heteroatoms. The summed E-state index contributed by atoms with van der Waals surface area (Å²) in [4.78, 5) is 2.52. The maximum absolute atomic E-state index is 5.79. The number of anilines is 1. The highest BCUT2D eigenvalue weighted by Gasteiger charge is 2.26. The normalized spacial score (nSPS) is 19.6. The third-order valence-corrected chi connectivity index (χ3v) is 4.16. The summed E-state index contributed by atoms with van der Waals surface area (Å²) in [5.41, 5.74) is 7.98. The van der Waals surface area contributed by atoms with Crippen molar-refractivity contribution in [1.29, 1.82) is 0 Å². The van der Waals surface area contributed by atoms with Gasteiger partial charge in [-0.15, -0.1) is 12.4 Å². The number of hydrogen-bond donors (Lipinski definition) is 1. The molecule has 1 aliphatic heterocycles. The second kappa shape index (κ2) is 5.98. The second-order valence-electron chi connectivity index (χ2n) is 5.06. The van der Waals surface area contributed by atoms with Gasteiger partial charge in [0.05, 0.1) is 0 Å². The molecule has 0 bridgehead atoms. The highest BCUT2D eigenvalue weighted by Crippen LogP contribution is 2.30. The van der Waals surface area contributed by atoms with E-state index in [1.165, 1.54) is 17.9 Å². The van der Waals surface area contributed by atoms with Gasteiger partial charge in [0.25, 0.3) is 0 Å². The Kier molecular flexibility index (Phi) is 5.17. The number of thioether (sulfide) groups is 1. The first kappa shape index (κ1) is 14.7. The zero-order valence-electron chi connectivity index (χ0n) is 10.5. The molecule has 0 aliphatic carbocycles. The van der Waals surface area contributed by atoms with Crippen LogP contribution in [0.3, 0.4) is 0 Å². The van der Waals surface area contributed by atoms with Crippen molar-refractivity contribution in [1.82, 2.24) is 4.90 Å². The van der Waals surface area contributed by atoms with E-state index >= 15 is 0 Å². The van der Waals surface area contributed by atoms with Crippen molar-refractivity contribution in [3.05, 3.63) is 29.8 Å². The van der Waals surface area contributed by atoms with E-state index in [9.17, 15) is 0 Å². The van der Waals surface area contributed by atoms with Crippen LogP contribution in [0.25, 0.3) is 0 Å². The van der Waals surface area contributed by atoms with Crippen molar-refractivity contribution in [2.75, 3.05) is 24.6 Å². The standard InChI is InChI=1S/C13H20N2S.ClH/c1-13(2)10-15(6-7-16-13)9-11-4-3-5-12(14)8-11;/h3-5,8H,6-7,9-10,14H2,1-2H3;1H. The van der Waals surface area contributed by atoms with Gasteiger partial charge in [-0.3, -0.25) is 4.90 Å². The first-order valence-electron chi connectivity index (χ1n) is 5.76. The number of nitrogens with zero attached hydrogens (tertiary/aromatic N) is 1. The molecule has 2 nitrogen and oxygen atoms in total. The first-order valence-corrected chi connectivity index (χ1v) is 6.74. The Bertz CT molecular complexity index is 368. The van der Waals surface area contributed by atoms with Gasteiger partial charge in [-0.05, 0) is 31.5 Å². The fourth-order valence-electron chi connectivity index (χ4n) is 2.20. The molecule has 0 unspecified atom stereocenters. The third kappa shape index (κ3) is 4.41. The monoisotopic (exact) mass is 272 g/mol. The molecular formula is C13H21ClN2S. The summed E-state index contributed by atoms with van der Waals surface area (Å²) in [6, 6.07) is 8.22. The van der Waals surface area contributed by atoms with Crippen LogP contribution in [-0.2, 0) is 6.54 Å². The number of hydrogen-bond acceptors (Lipinski definition) is 3. The van der Waals surface area contributed by atoms with E-state index in [1.807, 2.05) is 12.1 Å². The van der Waals surface area contributed by atoms with Crippen molar-refractivity contribution < 1.29 is 0 Å². The zero-order chi connectivity index (χ0) is 11.6. The van der Waals surface area contributed by atoms with Gasteiger partial charge in [-0.1, -0.05) is 12.1 Å². The minimum absolute atomic E-state index is 0. The largest absolute Gasteiger partial charge is 0.399 e. The lowest BCUT2D eigenvalue weighted by atomic mass is 10.1. The molecule has 17 heavy (non-hydrogen) atoms. The van der Waals surface area contributed by atoms with Gasteiger partial charge < -0.3 is 5.73 Å². The molecule has 0 radical (unpaired) electrons. The molecule has 2 N–H and O–H groups in total. The molecular weight excluding hydrogens is 252 g/mol. The average molecular weight is 273 g/mol. The van der Waals surface area contributed by atoms with Gasteiger partial charge in [0.1, 0.15) is 0 Å². The van der Waals surface area contributed by atoms with Gasteiger partial charge in [-0.2, -0.15) is 11.8 Å². The minimum atomic E-state index is 0. The van der Waals surface area contributed by atoms with Crippen molar-refractivity contribution in [2.24, 2.45) is 0 Å². The summed E-state index contributed by atoms with van der Waals surface area (Å²) >= 11 is 2.07. The summed E-state index contributed by atoms with van der Waals surface area (Å²) in [6.07, 6.45) is 0. The molecule has 1 aromatic carbocycles. The molecule has 0 aromatic heterocycles. The Morgan fingerprint density at radius 1 is 1.41 bits per heavy atom. The Morgan fingerprint density at radius 3 is 2.82 bits per heavy atom. The smallest absolute Gasteiger partial charge is 0.0317 e. The Hall–Kier alpha value is -0.380. The van der Waals surface area contributed by atoms with Crippen LogP contribution in [0.1, 0.15) is 19.4 Å². The van der Waals surface area contributed by atoms with E-state index in [1.54, 1.807) is 0 Å². The van der Waals surface area contributed by atoms with E-state index in [0.29, 0.717) is 4.75 Å². The zero-order valence-corrected chi connectivity index (χ0v) is 12.1. The number of benzene rings is 1. The molecule has 0 atom stereocenters. The second-order valence-corrected chi connectivity index (χ2v) is 6.87. The van der Waals surface area contributed by atoms with Crippen LogP contribution in [0, 0.1) is 0 Å². The number of nitrogen functional groups attached to an aromatic ring is 1. The molecule has 1 saturated heterocycles. The molecule has 0 saturated carbocycles. The van der Waals surface area contributed by atoms with Gasteiger partial charge >= 0.3 is 0 Å². The Morgan fingerprint density at radius 2 is 2.18 bits per heavy atom. The molecule has 1 aliphatic rings. The van der Waals surface area contributed by atoms with E-state index < -0.39 is 0 Å². The van der Waals surface area contributed by atoms with Gasteiger partial charge in [0, 0.05) is 35.8 Å². The number of halogens is 1. The summed E-state index contributed by atoms with van der Waals surface area (Å²) in [6.45, 7) is 8.01. The molecule has 2 rings (SSSR count). The summed E-state index contributed by atoms with van der Waals surface area (Å²) < 4.78 is 0.387. The lowest BCUT2D eigenvalue weighted by molar-refractivity contribution is 0.252. The quantitative estimate of drug-likeness (QED) is 0.840. The maximum atomic E-state index is 5.79. The molecule has 1 fully saturated rings. The van der Waals surface area contributed by atoms with Crippen molar-refractivity contribution in [2.45, 2.75) is 25.1 Å². The highest BCUT2D eigenvalue weighted by molar-refractivity contribution is 8.00. The van der Waals surface area contributed by atoms with Crippen LogP contribution in [-0.4, -0.2) is 28.5 Å². The molecule has 96 valence electrons. The Labute approximate surface area is 114 Å². The SMILES string of the molecule is CC1(C)CN(Cc2cccc(N)c2)CCS1.Cl. The average Bonchev–Trinajstić information content (AvgIpc) is 2.15. The maximum Gasteiger partial charge on any atom is 0.0317 e. The van der Waals surface area contributed by atoms with Crippen molar-refractivity contribution >= 4 is 29.9 Å². The highest BCUT2D eigenvalue weighted by atomic mass is 35.5. The fraction of sp³-hybridized carbons (Fsp3) is 0.538. The van der Waals surface area contributed by atoms with Crippen LogP contribution in [0.15, 0.2) is 24.3 Å². The van der Waals surface area contributed by atoms with Crippen LogP contribution in [0.2, 0.25) is 0 Å². The molecule has 1 heterocycles. The summed E-state index contributed by atoms with van der Waals surface area (Å²) in [7, 11) is 0. The third-order valence-electron chi connectivity index (χ3n) is 2.86. The number of nitrogens with two attached hydrogens (primary N) is 1. The minimum Gasteiger partial charge on any atom is -0.399 e. The first-order chi connectivity index (χ1) is 7.55. The molecule has 0 amide bonds. The number of rotatable bonds is 2. The molecule has 0 spiro atoms. The van der Waals surface area contributed by atoms with Gasteiger partial charge in [-0.25, -0.2) is 0 Å².